The van der Waals surface area contributed by atoms with Crippen molar-refractivity contribution in [3.05, 3.63) is 174 Å². The summed E-state index contributed by atoms with van der Waals surface area (Å²) in [5.74, 6) is 0.899. The number of rotatable bonds is 4. The van der Waals surface area contributed by atoms with E-state index in [0.29, 0.717) is 0 Å². The fourth-order valence-corrected chi connectivity index (χ4v) is 7.92. The zero-order valence-electron chi connectivity index (χ0n) is 28.7. The van der Waals surface area contributed by atoms with Gasteiger partial charge in [-0.1, -0.05) is 146 Å². The van der Waals surface area contributed by atoms with E-state index in [9.17, 15) is 5.41 Å². The zero-order chi connectivity index (χ0) is 34.5. The summed E-state index contributed by atoms with van der Waals surface area (Å²) in [7, 11) is 3.97. The zero-order valence-corrected chi connectivity index (χ0v) is 28.7. The second kappa shape index (κ2) is 12.5. The van der Waals surface area contributed by atoms with Crippen molar-refractivity contribution in [1.29, 1.82) is 5.41 Å². The number of hydrogen-bond donors (Lipinski definition) is 1. The van der Waals surface area contributed by atoms with Crippen LogP contribution in [0.15, 0.2) is 163 Å². The lowest BCUT2D eigenvalue weighted by Crippen LogP contribution is -2.25. The van der Waals surface area contributed by atoms with Crippen LogP contribution >= 0.6 is 0 Å². The number of fused-ring (bicyclic) bond motifs is 7. The summed E-state index contributed by atoms with van der Waals surface area (Å²) in [5, 5.41) is 14.3. The summed E-state index contributed by atoms with van der Waals surface area (Å²) in [6.45, 7) is 0. The first-order valence-electron chi connectivity index (χ1n) is 17.5. The molecule has 1 aliphatic rings. The molecule has 0 bridgehead atoms. The highest BCUT2D eigenvalue weighted by atomic mass is 15.2. The fraction of sp³-hybridized carbons (Fsp3) is 0.0870. The van der Waals surface area contributed by atoms with Gasteiger partial charge in [0, 0.05) is 46.8 Å². The van der Waals surface area contributed by atoms with Crippen LogP contribution in [0.4, 0.5) is 0 Å². The summed E-state index contributed by atoms with van der Waals surface area (Å²) in [5.41, 5.74) is 11.3. The smallest absolute Gasteiger partial charge is 0.229 e. The molecule has 2 heterocycles. The van der Waals surface area contributed by atoms with Crippen LogP contribution in [0.5, 0.6) is 0 Å². The Kier molecular flexibility index (Phi) is 7.47. The van der Waals surface area contributed by atoms with Crippen molar-refractivity contribution < 1.29 is 0 Å². The largest absolute Gasteiger partial charge is 0.362 e. The first-order chi connectivity index (χ1) is 25.1. The Bertz CT molecular complexity index is 2710. The Morgan fingerprint density at radius 2 is 1.14 bits per heavy atom. The molecule has 1 aliphatic carbocycles. The number of allylic oxidation sites excluding steroid dienone is 4. The van der Waals surface area contributed by atoms with Crippen molar-refractivity contribution in [2.75, 3.05) is 14.1 Å². The molecule has 5 heteroatoms. The van der Waals surface area contributed by atoms with Gasteiger partial charge in [0.2, 0.25) is 5.96 Å². The Morgan fingerprint density at radius 1 is 0.588 bits per heavy atom. The number of nitrogens with zero attached hydrogens (tertiary/aromatic N) is 4. The van der Waals surface area contributed by atoms with E-state index in [0.717, 1.165) is 68.2 Å². The predicted molar refractivity (Wildman–Crippen MR) is 215 cm³/mol. The number of nitrogens with one attached hydrogen (secondary N) is 1. The van der Waals surface area contributed by atoms with E-state index in [1.54, 1.807) is 0 Å². The van der Waals surface area contributed by atoms with Gasteiger partial charge in [-0.15, -0.1) is 0 Å². The van der Waals surface area contributed by atoms with Gasteiger partial charge in [-0.25, -0.2) is 0 Å². The van der Waals surface area contributed by atoms with Gasteiger partial charge in [-0.2, -0.15) is 4.99 Å². The lowest BCUT2D eigenvalue weighted by atomic mass is 9.85. The van der Waals surface area contributed by atoms with Crippen molar-refractivity contribution in [2.24, 2.45) is 4.99 Å². The minimum absolute atomic E-state index is 0.166. The maximum atomic E-state index is 9.74. The van der Waals surface area contributed by atoms with Gasteiger partial charge in [0.15, 0.2) is 0 Å². The van der Waals surface area contributed by atoms with E-state index in [1.165, 1.54) is 27.7 Å². The maximum absolute atomic E-state index is 9.74. The van der Waals surface area contributed by atoms with Gasteiger partial charge in [0.1, 0.15) is 5.84 Å². The van der Waals surface area contributed by atoms with Crippen LogP contribution in [-0.4, -0.2) is 39.9 Å². The molecule has 0 radical (unpaired) electrons. The van der Waals surface area contributed by atoms with Crippen LogP contribution < -0.4 is 0 Å². The predicted octanol–water partition coefficient (Wildman–Crippen LogP) is 10.9. The summed E-state index contributed by atoms with van der Waals surface area (Å²) < 4.78 is 4.52. The Labute approximate surface area is 297 Å². The van der Waals surface area contributed by atoms with Gasteiger partial charge in [0.25, 0.3) is 0 Å². The first-order valence-corrected chi connectivity index (χ1v) is 17.5. The highest BCUT2D eigenvalue weighted by Crippen LogP contribution is 2.46. The van der Waals surface area contributed by atoms with Crippen LogP contribution in [-0.2, 0) is 0 Å². The van der Waals surface area contributed by atoms with E-state index < -0.39 is 0 Å². The molecule has 0 amide bonds. The summed E-state index contributed by atoms with van der Waals surface area (Å²) >= 11 is 0. The lowest BCUT2D eigenvalue weighted by Gasteiger charge is -2.25. The average Bonchev–Trinajstić information content (AvgIpc) is 3.71. The molecule has 5 nitrogen and oxygen atoms in total. The Balaban J connectivity index is 1.41. The van der Waals surface area contributed by atoms with Crippen LogP contribution in [0.1, 0.15) is 29.5 Å². The van der Waals surface area contributed by atoms with Gasteiger partial charge >= 0.3 is 0 Å². The molecule has 51 heavy (non-hydrogen) atoms. The molecule has 6 aromatic carbocycles. The van der Waals surface area contributed by atoms with Crippen LogP contribution in [0.25, 0.3) is 60.5 Å². The molecule has 0 aliphatic heterocycles. The normalized spacial score (nSPS) is 13.8. The van der Waals surface area contributed by atoms with E-state index in [2.05, 4.69) is 137 Å². The highest BCUT2D eigenvalue weighted by molar-refractivity contribution is 6.28. The molecule has 0 saturated carbocycles. The Morgan fingerprint density at radius 3 is 1.80 bits per heavy atom. The number of para-hydroxylation sites is 2. The molecule has 0 saturated heterocycles. The molecular formula is C46H37N5. The standard InChI is InChI=1S/C46H37N5/c1-49(2)45(33-21-10-5-11-22-33)48-46(47)51-40-27-15-13-24-36(40)38-30-29-37-35-23-12-14-26-39(35)50(43(37)44(38)51)41-28-16-25-34(31-17-6-3-7-18-31)42(41)32-19-8-4-9-20-32/h3-15,17-24,26-30,47H,16,25H2,1-2H3. The van der Waals surface area contributed by atoms with E-state index in [4.69, 9.17) is 4.99 Å². The van der Waals surface area contributed by atoms with Gasteiger partial charge in [0.05, 0.1) is 27.8 Å². The molecular weight excluding hydrogens is 623 g/mol. The molecule has 0 spiro atoms. The van der Waals surface area contributed by atoms with Crippen molar-refractivity contribution >= 4 is 72.3 Å². The van der Waals surface area contributed by atoms with E-state index in [1.807, 2.05) is 49.3 Å². The van der Waals surface area contributed by atoms with Crippen LogP contribution in [0, 0.1) is 5.41 Å². The third kappa shape index (κ3) is 5.00. The molecule has 0 unspecified atom stereocenters. The number of aromatic nitrogens is 2. The second-order valence-electron chi connectivity index (χ2n) is 13.3. The van der Waals surface area contributed by atoms with Gasteiger partial charge < -0.3 is 9.47 Å². The lowest BCUT2D eigenvalue weighted by molar-refractivity contribution is 0.624. The SMILES string of the molecule is CN(C)C(=NC(=N)n1c2ccccc2c2ccc3c4ccccc4n(C4=CCCC(c5ccccc5)=C4c4ccccc4)c3c21)c1ccccc1. The number of amidine groups is 1. The van der Waals surface area contributed by atoms with Gasteiger partial charge in [-0.05, 0) is 41.7 Å². The molecule has 2 aromatic heterocycles. The second-order valence-corrected chi connectivity index (χ2v) is 13.3. The molecule has 246 valence electrons. The van der Waals surface area contributed by atoms with Crippen LogP contribution in [0.2, 0.25) is 0 Å². The molecule has 0 fully saturated rings. The van der Waals surface area contributed by atoms with Gasteiger partial charge in [-0.3, -0.25) is 9.98 Å². The molecule has 9 rings (SSSR count). The summed E-state index contributed by atoms with van der Waals surface area (Å²) in [6.07, 6.45) is 4.29. The topological polar surface area (TPSA) is 49.3 Å². The van der Waals surface area contributed by atoms with E-state index >= 15 is 0 Å². The van der Waals surface area contributed by atoms with Crippen LogP contribution in [0.3, 0.4) is 0 Å². The minimum atomic E-state index is 0.166. The number of aliphatic imine (C=N–C) groups is 1. The average molecular weight is 660 g/mol. The minimum Gasteiger partial charge on any atom is -0.362 e. The molecule has 1 N–H and O–H groups in total. The van der Waals surface area contributed by atoms with E-state index in [-0.39, 0.29) is 5.96 Å². The van der Waals surface area contributed by atoms with Crippen molar-refractivity contribution in [1.82, 2.24) is 14.0 Å². The molecule has 0 atom stereocenters. The maximum Gasteiger partial charge on any atom is 0.229 e. The monoisotopic (exact) mass is 659 g/mol. The first kappa shape index (κ1) is 30.6. The summed E-state index contributed by atoms with van der Waals surface area (Å²) in [4.78, 5) is 7.05. The van der Waals surface area contributed by atoms with Crippen molar-refractivity contribution in [3.63, 3.8) is 0 Å². The Hall–Kier alpha value is -6.46. The quantitative estimate of drug-likeness (QED) is 0.148. The summed E-state index contributed by atoms with van der Waals surface area (Å²) in [6, 6.07) is 53.4. The third-order valence-corrected chi connectivity index (χ3v) is 10.1. The fourth-order valence-electron chi connectivity index (χ4n) is 7.92. The third-order valence-electron chi connectivity index (χ3n) is 10.1. The van der Waals surface area contributed by atoms with Crippen molar-refractivity contribution in [3.8, 4) is 0 Å². The number of benzene rings is 6. The number of hydrogen-bond acceptors (Lipinski definition) is 1. The highest BCUT2D eigenvalue weighted by Gasteiger charge is 2.27. The molecule has 8 aromatic rings. The van der Waals surface area contributed by atoms with Crippen molar-refractivity contribution in [2.45, 2.75) is 12.8 Å².